The van der Waals surface area contributed by atoms with Crippen molar-refractivity contribution in [1.82, 2.24) is 10.2 Å². The topological polar surface area (TPSA) is 54.7 Å². The average Bonchev–Trinajstić information content (AvgIpc) is 1.86. The minimum absolute atomic E-state index is 0. The van der Waals surface area contributed by atoms with Crippen molar-refractivity contribution in [2.24, 2.45) is 0 Å². The fraction of sp³-hybridized carbons (Fsp3) is 0. The molecule has 3 N–H and O–H groups in total. The molecule has 0 unspecified atom stereocenters. The Morgan fingerprint density at radius 1 is 1.33 bits per heavy atom. The molecule has 1 aromatic rings. The Hall–Kier alpha value is -0.120. The summed E-state index contributed by atoms with van der Waals surface area (Å²) in [5.41, 5.74) is 5.14. The van der Waals surface area contributed by atoms with Crippen molar-refractivity contribution in [3.63, 3.8) is 0 Å². The van der Waals surface area contributed by atoms with Crippen molar-refractivity contribution in [2.45, 2.75) is 0 Å². The lowest BCUT2D eigenvalue weighted by atomic mass is 10.7. The van der Waals surface area contributed by atoms with Crippen molar-refractivity contribution in [2.75, 3.05) is 5.73 Å². The summed E-state index contributed by atoms with van der Waals surface area (Å²) in [5.74, 6) is 0.537. The monoisotopic (exact) mass is 191 g/mol. The number of hydrogen-bond acceptors (Lipinski definition) is 2. The van der Waals surface area contributed by atoms with Crippen molar-refractivity contribution in [1.29, 1.82) is 0 Å². The Labute approximate surface area is 71.6 Å². The van der Waals surface area contributed by atoms with Crippen molar-refractivity contribution in [3.05, 3.63) is 12.3 Å². The van der Waals surface area contributed by atoms with E-state index in [1.165, 1.54) is 0 Å². The van der Waals surface area contributed by atoms with Crippen LogP contribution in [-0.4, -0.2) is 10.2 Å². The molecule has 0 fully saturated rings. The quantitative estimate of drug-likeness (QED) is 0.650. The molecular weight excluding hydrogens is 184 g/mol. The first-order chi connectivity index (χ1) is 2.89. The molecule has 1 heterocycles. The van der Waals surface area contributed by atoms with Crippen LogP contribution in [0.1, 0.15) is 0 Å². The van der Waals surface area contributed by atoms with E-state index in [2.05, 4.69) is 10.2 Å². The number of anilines is 1. The van der Waals surface area contributed by atoms with E-state index in [9.17, 15) is 0 Å². The van der Waals surface area contributed by atoms with E-state index in [4.69, 9.17) is 5.73 Å². The third-order valence-electron chi connectivity index (χ3n) is 0.522. The summed E-state index contributed by atoms with van der Waals surface area (Å²) >= 11 is 0. The Morgan fingerprint density at radius 3 is 2.00 bits per heavy atom. The third kappa shape index (κ3) is 5.76. The highest BCUT2D eigenvalue weighted by Gasteiger charge is 1.75. The van der Waals surface area contributed by atoms with Gasteiger partial charge in [0, 0.05) is 6.20 Å². The van der Waals surface area contributed by atoms with E-state index in [-0.39, 0.29) is 37.2 Å². The highest BCUT2D eigenvalue weighted by atomic mass is 35.5. The van der Waals surface area contributed by atoms with E-state index in [1.54, 1.807) is 12.3 Å². The van der Waals surface area contributed by atoms with Crippen LogP contribution in [0.25, 0.3) is 0 Å². The van der Waals surface area contributed by atoms with Gasteiger partial charge in [-0.15, -0.1) is 37.2 Å². The molecular formula is C3H8Cl3N3. The summed E-state index contributed by atoms with van der Waals surface area (Å²) in [4.78, 5) is 0. The molecule has 1 rings (SSSR count). The first-order valence-electron chi connectivity index (χ1n) is 1.65. The molecule has 56 valence electrons. The second-order valence-electron chi connectivity index (χ2n) is 0.999. The number of nitrogens with one attached hydrogen (secondary N) is 1. The Balaban J connectivity index is -0.000000120. The number of aromatic nitrogens is 2. The molecule has 0 saturated carbocycles. The Kier molecular flexibility index (Phi) is 14.0. The SMILES string of the molecule is Cl.Cl.Cl.Nc1cc[nH]n1. The molecule has 0 atom stereocenters. The van der Waals surface area contributed by atoms with Crippen LogP contribution < -0.4 is 5.73 Å². The van der Waals surface area contributed by atoms with Crippen molar-refractivity contribution >= 4 is 43.0 Å². The van der Waals surface area contributed by atoms with Crippen LogP contribution in [0, 0.1) is 0 Å². The van der Waals surface area contributed by atoms with Gasteiger partial charge in [0.2, 0.25) is 0 Å². The third-order valence-corrected chi connectivity index (χ3v) is 0.522. The largest absolute Gasteiger partial charge is 0.382 e. The van der Waals surface area contributed by atoms with Crippen LogP contribution >= 0.6 is 37.2 Å². The fourth-order valence-corrected chi connectivity index (χ4v) is 0.272. The summed E-state index contributed by atoms with van der Waals surface area (Å²) in [5, 5.41) is 6.12. The number of nitrogens with two attached hydrogens (primary N) is 1. The smallest absolute Gasteiger partial charge is 0.145 e. The van der Waals surface area contributed by atoms with E-state index < -0.39 is 0 Å². The number of nitrogen functional groups attached to an aromatic ring is 1. The minimum atomic E-state index is 0. The Morgan fingerprint density at radius 2 is 1.89 bits per heavy atom. The zero-order valence-corrected chi connectivity index (χ0v) is 6.85. The van der Waals surface area contributed by atoms with E-state index in [1.807, 2.05) is 0 Å². The molecule has 0 amide bonds. The van der Waals surface area contributed by atoms with Crippen molar-refractivity contribution < 1.29 is 0 Å². The number of halogens is 3. The van der Waals surface area contributed by atoms with E-state index >= 15 is 0 Å². The van der Waals surface area contributed by atoms with Crippen LogP contribution in [0.15, 0.2) is 12.3 Å². The number of hydrogen-bond donors (Lipinski definition) is 2. The summed E-state index contributed by atoms with van der Waals surface area (Å²) in [6, 6.07) is 1.69. The molecule has 0 aromatic carbocycles. The summed E-state index contributed by atoms with van der Waals surface area (Å²) in [6.45, 7) is 0. The lowest BCUT2D eigenvalue weighted by Crippen LogP contribution is -1.81. The lowest BCUT2D eigenvalue weighted by molar-refractivity contribution is 1.10. The molecule has 0 saturated heterocycles. The molecule has 0 aliphatic heterocycles. The van der Waals surface area contributed by atoms with Gasteiger partial charge >= 0.3 is 0 Å². The molecule has 1 aromatic heterocycles. The standard InChI is InChI=1S/C3H5N3.3ClH/c4-3-1-2-5-6-3;;;/h1-2H,(H3,4,5,6);3*1H. The zero-order valence-electron chi connectivity index (χ0n) is 4.40. The molecule has 0 spiro atoms. The predicted octanol–water partition coefficient (Wildman–Crippen LogP) is 1.26. The fourth-order valence-electron chi connectivity index (χ4n) is 0.272. The van der Waals surface area contributed by atoms with Gasteiger partial charge in [-0.3, -0.25) is 5.10 Å². The maximum absolute atomic E-state index is 5.14. The van der Waals surface area contributed by atoms with Gasteiger partial charge in [0.05, 0.1) is 0 Å². The van der Waals surface area contributed by atoms with Gasteiger partial charge in [-0.25, -0.2) is 0 Å². The number of rotatable bonds is 0. The minimum Gasteiger partial charge on any atom is -0.382 e. The average molecular weight is 192 g/mol. The first-order valence-corrected chi connectivity index (χ1v) is 1.65. The molecule has 0 radical (unpaired) electrons. The van der Waals surface area contributed by atoms with Gasteiger partial charge in [0.25, 0.3) is 0 Å². The van der Waals surface area contributed by atoms with E-state index in [0.29, 0.717) is 5.82 Å². The van der Waals surface area contributed by atoms with Crippen LogP contribution in [0.3, 0.4) is 0 Å². The summed E-state index contributed by atoms with van der Waals surface area (Å²) in [7, 11) is 0. The van der Waals surface area contributed by atoms with Crippen LogP contribution in [0.4, 0.5) is 5.82 Å². The van der Waals surface area contributed by atoms with E-state index in [0.717, 1.165) is 0 Å². The second-order valence-corrected chi connectivity index (χ2v) is 0.999. The van der Waals surface area contributed by atoms with Crippen molar-refractivity contribution in [3.8, 4) is 0 Å². The van der Waals surface area contributed by atoms with Gasteiger partial charge in [-0.05, 0) is 6.07 Å². The number of H-pyrrole nitrogens is 1. The molecule has 9 heavy (non-hydrogen) atoms. The van der Waals surface area contributed by atoms with Crippen LogP contribution in [0.2, 0.25) is 0 Å². The first kappa shape index (κ1) is 15.9. The highest BCUT2D eigenvalue weighted by molar-refractivity contribution is 5.86. The van der Waals surface area contributed by atoms with Gasteiger partial charge < -0.3 is 5.73 Å². The predicted molar refractivity (Wildman–Crippen MR) is 44.7 cm³/mol. The molecule has 3 nitrogen and oxygen atoms in total. The van der Waals surface area contributed by atoms with Gasteiger partial charge in [0.15, 0.2) is 0 Å². The summed E-state index contributed by atoms with van der Waals surface area (Å²) in [6.07, 6.45) is 1.68. The summed E-state index contributed by atoms with van der Waals surface area (Å²) < 4.78 is 0. The van der Waals surface area contributed by atoms with Gasteiger partial charge in [-0.1, -0.05) is 0 Å². The Bertz CT molecular complexity index is 118. The second kappa shape index (κ2) is 7.88. The van der Waals surface area contributed by atoms with Gasteiger partial charge in [0.1, 0.15) is 5.82 Å². The van der Waals surface area contributed by atoms with Crippen LogP contribution in [0.5, 0.6) is 0 Å². The maximum atomic E-state index is 5.14. The number of nitrogens with zero attached hydrogens (tertiary/aromatic N) is 1. The highest BCUT2D eigenvalue weighted by Crippen LogP contribution is 1.86. The maximum Gasteiger partial charge on any atom is 0.145 e. The molecule has 6 heteroatoms. The molecule has 0 aliphatic carbocycles. The number of aromatic amines is 1. The van der Waals surface area contributed by atoms with Gasteiger partial charge in [-0.2, -0.15) is 5.10 Å². The lowest BCUT2D eigenvalue weighted by Gasteiger charge is -1.67. The zero-order chi connectivity index (χ0) is 4.41. The van der Waals surface area contributed by atoms with Crippen LogP contribution in [-0.2, 0) is 0 Å². The normalized spacial score (nSPS) is 5.78. The molecule has 0 aliphatic rings. The molecule has 0 bridgehead atoms.